The van der Waals surface area contributed by atoms with Crippen molar-refractivity contribution in [3.05, 3.63) is 84.0 Å². The van der Waals surface area contributed by atoms with Crippen LogP contribution in [0.4, 0.5) is 11.4 Å². The van der Waals surface area contributed by atoms with Gasteiger partial charge in [0.1, 0.15) is 0 Å². The fourth-order valence-corrected chi connectivity index (χ4v) is 3.53. The van der Waals surface area contributed by atoms with E-state index in [1.165, 1.54) is 11.1 Å². The summed E-state index contributed by atoms with van der Waals surface area (Å²) in [5, 5.41) is 0. The molecule has 0 amide bonds. The Labute approximate surface area is 205 Å². The van der Waals surface area contributed by atoms with Crippen LogP contribution < -0.4 is 0 Å². The van der Waals surface area contributed by atoms with E-state index in [0.717, 1.165) is 67.7 Å². The van der Waals surface area contributed by atoms with Crippen LogP contribution in [0.2, 0.25) is 0 Å². The summed E-state index contributed by atoms with van der Waals surface area (Å²) in [7, 11) is 0. The van der Waals surface area contributed by atoms with Gasteiger partial charge in [-0.3, -0.25) is 9.98 Å². The maximum absolute atomic E-state index is 5.13. The Morgan fingerprint density at radius 3 is 1.78 bits per heavy atom. The van der Waals surface area contributed by atoms with Crippen LogP contribution in [0.25, 0.3) is 0 Å². The molecular weight excluding hydrogens is 435 g/mol. The molecule has 0 atom stereocenters. The second-order valence-electron chi connectivity index (χ2n) is 7.83. The summed E-state index contributed by atoms with van der Waals surface area (Å²) in [6, 6.07) is 17.0. The average molecular weight is 473 g/mol. The summed E-state index contributed by atoms with van der Waals surface area (Å²) in [6.45, 7) is 8.48. The first-order valence-electron chi connectivity index (χ1n) is 11.7. The van der Waals surface area contributed by atoms with Gasteiger partial charge in [-0.25, -0.2) is 0 Å². The first-order valence-corrected chi connectivity index (χ1v) is 11.7. The topological polar surface area (TPSA) is 24.7 Å². The van der Waals surface area contributed by atoms with Gasteiger partial charge in [-0.15, -0.1) is 0 Å². The molecule has 0 fully saturated rings. The Hall–Kier alpha value is -2.25. The van der Waals surface area contributed by atoms with Crippen LogP contribution in [0.3, 0.4) is 0 Å². The number of para-hydroxylation sites is 2. The van der Waals surface area contributed by atoms with E-state index < -0.39 is 0 Å². The van der Waals surface area contributed by atoms with Gasteiger partial charge in [0.2, 0.25) is 0 Å². The van der Waals surface area contributed by atoms with Crippen molar-refractivity contribution >= 4 is 22.8 Å². The maximum atomic E-state index is 5.13. The van der Waals surface area contributed by atoms with Gasteiger partial charge in [0.15, 0.2) is 0 Å². The molecule has 0 aromatic heterocycles. The van der Waals surface area contributed by atoms with Gasteiger partial charge >= 0.3 is 0 Å². The fourth-order valence-electron chi connectivity index (χ4n) is 3.53. The van der Waals surface area contributed by atoms with E-state index in [4.69, 9.17) is 9.98 Å². The zero-order valence-electron chi connectivity index (χ0n) is 20.1. The Balaban J connectivity index is 0.00000512. The third kappa shape index (κ3) is 9.49. The van der Waals surface area contributed by atoms with Crippen molar-refractivity contribution in [3.8, 4) is 0 Å². The molecule has 2 aromatic carbocycles. The molecule has 0 saturated carbocycles. The second kappa shape index (κ2) is 16.4. The summed E-state index contributed by atoms with van der Waals surface area (Å²) in [4.78, 5) is 10.2. The van der Waals surface area contributed by atoms with E-state index in [-0.39, 0.29) is 16.5 Å². The van der Waals surface area contributed by atoms with Gasteiger partial charge in [-0.05, 0) is 82.6 Å². The van der Waals surface area contributed by atoms with E-state index in [9.17, 15) is 0 Å². The molecule has 0 radical (unpaired) electrons. The van der Waals surface area contributed by atoms with Gasteiger partial charge in [0.25, 0.3) is 0 Å². The molecule has 32 heavy (non-hydrogen) atoms. The van der Waals surface area contributed by atoms with E-state index in [1.807, 2.05) is 0 Å². The third-order valence-corrected chi connectivity index (χ3v) is 5.34. The minimum atomic E-state index is 0. The molecule has 0 aliphatic heterocycles. The number of aryl methyl sites for hydroxylation is 2. The van der Waals surface area contributed by atoms with Crippen LogP contribution in [0.15, 0.2) is 82.8 Å². The molecule has 0 aliphatic carbocycles. The third-order valence-electron chi connectivity index (χ3n) is 5.34. The van der Waals surface area contributed by atoms with Gasteiger partial charge in [-0.1, -0.05) is 74.0 Å². The number of aliphatic imine (C=N–C) groups is 2. The maximum Gasteiger partial charge on any atom is 0.0665 e. The molecule has 0 heterocycles. The number of unbranched alkanes of at least 4 members (excludes halogenated alkanes) is 1. The van der Waals surface area contributed by atoms with Crippen LogP contribution in [-0.4, -0.2) is 11.4 Å². The Morgan fingerprint density at radius 1 is 0.781 bits per heavy atom. The smallest absolute Gasteiger partial charge is 0.0665 e. The first kappa shape index (κ1) is 27.8. The molecule has 0 saturated heterocycles. The monoisotopic (exact) mass is 472 g/mol. The fraction of sp³-hybridized carbons (Fsp3) is 0.379. The van der Waals surface area contributed by atoms with Gasteiger partial charge in [0, 0.05) is 16.5 Å². The minimum absolute atomic E-state index is 0. The number of hydrogen-bond donors (Lipinski definition) is 0. The molecule has 0 bridgehead atoms. The Bertz CT molecular complexity index is 922. The Morgan fingerprint density at radius 2 is 1.28 bits per heavy atom. The predicted octanol–water partition coefficient (Wildman–Crippen LogP) is 8.76. The first-order chi connectivity index (χ1) is 15.2. The van der Waals surface area contributed by atoms with Crippen molar-refractivity contribution in [2.24, 2.45) is 9.98 Å². The normalized spacial score (nSPS) is 12.5. The summed E-state index contributed by atoms with van der Waals surface area (Å²) in [6.07, 6.45) is 16.0. The van der Waals surface area contributed by atoms with Crippen molar-refractivity contribution in [1.29, 1.82) is 0 Å². The second-order valence-corrected chi connectivity index (χ2v) is 7.83. The van der Waals surface area contributed by atoms with Crippen LogP contribution in [0.1, 0.15) is 70.9 Å². The van der Waals surface area contributed by atoms with Crippen LogP contribution in [-0.2, 0) is 29.3 Å². The van der Waals surface area contributed by atoms with Crippen molar-refractivity contribution in [2.75, 3.05) is 0 Å². The van der Waals surface area contributed by atoms with Gasteiger partial charge in [0.05, 0.1) is 22.8 Å². The molecule has 2 aromatic rings. The predicted molar refractivity (Wildman–Crippen MR) is 139 cm³/mol. The molecule has 2 nitrogen and oxygen atoms in total. The quantitative estimate of drug-likeness (QED) is 0.167. The zero-order chi connectivity index (χ0) is 22.3. The molecule has 3 heteroatoms. The summed E-state index contributed by atoms with van der Waals surface area (Å²) < 4.78 is 0. The molecule has 0 spiro atoms. The summed E-state index contributed by atoms with van der Waals surface area (Å²) in [5.41, 5.74) is 6.86. The van der Waals surface area contributed by atoms with Crippen LogP contribution in [0.5, 0.6) is 0 Å². The standard InChI is InChI=1S/C29H38N2.Ni/c1-5-8-11-17-25-19-13-15-22-28(25)30-24(4)27(21-10-7-3)31-29-23-16-14-20-26(29)18-12-9-6-2;/h5-6,8-9,13-16,19-20,22-23H,7,10-12,17-18,21H2,1-4H3;. The number of allylic oxidation sites excluding steroid dienone is 4. The summed E-state index contributed by atoms with van der Waals surface area (Å²) in [5.74, 6) is 0. The number of hydrogen-bond acceptors (Lipinski definition) is 2. The number of nitrogens with zero attached hydrogens (tertiary/aromatic N) is 2. The van der Waals surface area contributed by atoms with E-state index in [0.29, 0.717) is 0 Å². The molecular formula is C29H38N2Ni. The summed E-state index contributed by atoms with van der Waals surface area (Å²) >= 11 is 0. The number of benzene rings is 2. The largest absolute Gasteiger partial charge is 0.252 e. The average Bonchev–Trinajstić information content (AvgIpc) is 2.79. The van der Waals surface area contributed by atoms with Gasteiger partial charge in [-0.2, -0.15) is 0 Å². The Kier molecular flexibility index (Phi) is 14.2. The van der Waals surface area contributed by atoms with E-state index in [1.54, 1.807) is 0 Å². The van der Waals surface area contributed by atoms with Gasteiger partial charge < -0.3 is 0 Å². The molecule has 2 rings (SSSR count). The van der Waals surface area contributed by atoms with Crippen molar-refractivity contribution < 1.29 is 16.5 Å². The SMILES string of the molecule is CC=CCCc1ccccc1N=C(C)C(CCCC)=Nc1ccccc1CCC=CC.[Ni]. The van der Waals surface area contributed by atoms with Crippen molar-refractivity contribution in [3.63, 3.8) is 0 Å². The van der Waals surface area contributed by atoms with Crippen molar-refractivity contribution in [2.45, 2.75) is 72.6 Å². The van der Waals surface area contributed by atoms with E-state index in [2.05, 4.69) is 101 Å². The van der Waals surface area contributed by atoms with Crippen LogP contribution >= 0.6 is 0 Å². The molecule has 0 aliphatic rings. The zero-order valence-corrected chi connectivity index (χ0v) is 21.1. The molecule has 174 valence electrons. The molecule has 0 N–H and O–H groups in total. The van der Waals surface area contributed by atoms with Crippen molar-refractivity contribution in [1.82, 2.24) is 0 Å². The number of rotatable bonds is 12. The minimum Gasteiger partial charge on any atom is -0.252 e. The van der Waals surface area contributed by atoms with E-state index >= 15 is 0 Å². The van der Waals surface area contributed by atoms with Crippen LogP contribution in [0, 0.1) is 0 Å². The molecule has 0 unspecified atom stereocenters.